The molecule has 0 aromatic heterocycles. The van der Waals surface area contributed by atoms with E-state index in [1.807, 2.05) is 36.4 Å². The molecule has 1 fully saturated rings. The van der Waals surface area contributed by atoms with E-state index in [1.165, 1.54) is 11.1 Å². The Morgan fingerprint density at radius 2 is 1.71 bits per heavy atom. The van der Waals surface area contributed by atoms with E-state index in [0.29, 0.717) is 6.42 Å². The Balaban J connectivity index is 1.85. The Morgan fingerprint density at radius 1 is 1.11 bits per heavy atom. The van der Waals surface area contributed by atoms with Gasteiger partial charge in [0, 0.05) is 11.3 Å². The molecule has 4 nitrogen and oxygen atoms in total. The summed E-state index contributed by atoms with van der Waals surface area (Å²) in [5.41, 5.74) is 5.32. The zero-order chi connectivity index (χ0) is 19.9. The smallest absolute Gasteiger partial charge is 0.303 e. The monoisotopic (exact) mass is 396 g/mol. The third-order valence-electron chi connectivity index (χ3n) is 6.30. The van der Waals surface area contributed by atoms with E-state index in [-0.39, 0.29) is 11.3 Å². The summed E-state index contributed by atoms with van der Waals surface area (Å²) in [6, 6.07) is 20.4. The van der Waals surface area contributed by atoms with Gasteiger partial charge in [-0.3, -0.25) is 4.52 Å². The zero-order valence-corrected chi connectivity index (χ0v) is 16.8. The highest BCUT2D eigenvalue weighted by Crippen LogP contribution is 2.67. The second kappa shape index (κ2) is 7.13. The number of phosphoric acid groups is 1. The van der Waals surface area contributed by atoms with Crippen LogP contribution >= 0.6 is 7.82 Å². The first-order valence-corrected chi connectivity index (χ1v) is 11.1. The lowest BCUT2D eigenvalue weighted by Gasteiger charge is -2.37. The Hall–Kier alpha value is -1.97. The molecule has 2 N–H and O–H groups in total. The molecule has 0 amide bonds. The van der Waals surface area contributed by atoms with Gasteiger partial charge in [-0.2, -0.15) is 0 Å². The van der Waals surface area contributed by atoms with Gasteiger partial charge in [-0.05, 0) is 48.5 Å². The van der Waals surface area contributed by atoms with E-state index in [4.69, 9.17) is 4.52 Å². The van der Waals surface area contributed by atoms with Crippen molar-refractivity contribution < 1.29 is 18.9 Å². The van der Waals surface area contributed by atoms with Crippen molar-refractivity contribution >= 4 is 19.0 Å². The molecular formula is C23H25O4P. The molecule has 0 radical (unpaired) electrons. The molecule has 2 aliphatic carbocycles. The fourth-order valence-electron chi connectivity index (χ4n) is 5.34. The SMILES string of the molecule is C=C(c1ccccc1)[C@@]12CC[C@@H](OP(=O)(O)O)C1CC(C)=C2c1ccccc1. The molecule has 0 bridgehead atoms. The lowest BCUT2D eigenvalue weighted by molar-refractivity contribution is 0.0968. The standard InChI is InChI=1S/C23H25O4P/c1-16-15-20-21(27-28(24,25)26)13-14-23(20,17(2)18-9-5-3-6-10-18)22(16)19-11-7-4-8-12-19/h3-12,20-21H,2,13-15H2,1H3,(H2,24,25,26)/t20?,21-,23+/m1/s1. The van der Waals surface area contributed by atoms with Crippen molar-refractivity contribution in [2.24, 2.45) is 11.3 Å². The van der Waals surface area contributed by atoms with Crippen LogP contribution < -0.4 is 0 Å². The average molecular weight is 396 g/mol. The zero-order valence-electron chi connectivity index (χ0n) is 15.9. The van der Waals surface area contributed by atoms with Gasteiger partial charge in [0.25, 0.3) is 0 Å². The first-order chi connectivity index (χ1) is 13.3. The van der Waals surface area contributed by atoms with Crippen molar-refractivity contribution in [2.75, 3.05) is 0 Å². The molecule has 5 heteroatoms. The minimum Gasteiger partial charge on any atom is -0.303 e. The number of hydrogen-bond acceptors (Lipinski definition) is 2. The third-order valence-corrected chi connectivity index (χ3v) is 6.85. The van der Waals surface area contributed by atoms with Crippen molar-refractivity contribution in [1.29, 1.82) is 0 Å². The van der Waals surface area contributed by atoms with Crippen LogP contribution in [-0.4, -0.2) is 15.9 Å². The van der Waals surface area contributed by atoms with Crippen molar-refractivity contribution in [1.82, 2.24) is 0 Å². The fraction of sp³-hybridized carbons (Fsp3) is 0.304. The van der Waals surface area contributed by atoms with Crippen molar-refractivity contribution in [3.8, 4) is 0 Å². The van der Waals surface area contributed by atoms with E-state index < -0.39 is 13.9 Å². The number of hydrogen-bond donors (Lipinski definition) is 2. The highest BCUT2D eigenvalue weighted by atomic mass is 31.2. The van der Waals surface area contributed by atoms with Gasteiger partial charge in [0.05, 0.1) is 6.10 Å². The van der Waals surface area contributed by atoms with Gasteiger partial charge < -0.3 is 9.79 Å². The van der Waals surface area contributed by atoms with Crippen LogP contribution in [0.2, 0.25) is 0 Å². The summed E-state index contributed by atoms with van der Waals surface area (Å²) in [6.07, 6.45) is 1.63. The van der Waals surface area contributed by atoms with Crippen LogP contribution in [0.15, 0.2) is 72.8 Å². The minimum absolute atomic E-state index is 0.0389. The number of benzene rings is 2. The summed E-state index contributed by atoms with van der Waals surface area (Å²) < 4.78 is 16.8. The minimum atomic E-state index is -4.56. The van der Waals surface area contributed by atoms with Gasteiger partial charge in [-0.25, -0.2) is 4.57 Å². The molecule has 0 spiro atoms. The largest absolute Gasteiger partial charge is 0.469 e. The highest BCUT2D eigenvalue weighted by molar-refractivity contribution is 7.46. The van der Waals surface area contributed by atoms with E-state index in [1.54, 1.807) is 0 Å². The Kier molecular flexibility index (Phi) is 4.93. The summed E-state index contributed by atoms with van der Waals surface area (Å²) in [6.45, 7) is 6.62. The lowest BCUT2D eigenvalue weighted by Crippen LogP contribution is -2.30. The van der Waals surface area contributed by atoms with Crippen LogP contribution in [0, 0.1) is 11.3 Å². The van der Waals surface area contributed by atoms with Crippen LogP contribution in [0.5, 0.6) is 0 Å². The van der Waals surface area contributed by atoms with Crippen LogP contribution in [0.3, 0.4) is 0 Å². The van der Waals surface area contributed by atoms with E-state index in [0.717, 1.165) is 29.5 Å². The number of rotatable bonds is 5. The number of fused-ring (bicyclic) bond motifs is 1. The van der Waals surface area contributed by atoms with E-state index in [9.17, 15) is 14.4 Å². The van der Waals surface area contributed by atoms with Crippen molar-refractivity contribution in [3.63, 3.8) is 0 Å². The maximum Gasteiger partial charge on any atom is 0.469 e. The van der Waals surface area contributed by atoms with Gasteiger partial charge in [0.1, 0.15) is 0 Å². The molecule has 2 aromatic rings. The van der Waals surface area contributed by atoms with Gasteiger partial charge in [-0.15, -0.1) is 0 Å². The summed E-state index contributed by atoms with van der Waals surface area (Å²) in [7, 11) is -4.56. The van der Waals surface area contributed by atoms with Crippen LogP contribution in [0.4, 0.5) is 0 Å². The Morgan fingerprint density at radius 3 is 2.32 bits per heavy atom. The predicted molar refractivity (Wildman–Crippen MR) is 111 cm³/mol. The summed E-state index contributed by atoms with van der Waals surface area (Å²) in [5, 5.41) is 0. The molecule has 146 valence electrons. The molecule has 1 saturated carbocycles. The molecular weight excluding hydrogens is 371 g/mol. The number of phosphoric ester groups is 1. The molecule has 4 rings (SSSR count). The maximum atomic E-state index is 11.6. The third kappa shape index (κ3) is 3.21. The maximum absolute atomic E-state index is 11.6. The summed E-state index contributed by atoms with van der Waals surface area (Å²) in [4.78, 5) is 18.9. The molecule has 1 unspecified atom stereocenters. The lowest BCUT2D eigenvalue weighted by atomic mass is 9.66. The molecule has 28 heavy (non-hydrogen) atoms. The van der Waals surface area contributed by atoms with Crippen molar-refractivity contribution in [2.45, 2.75) is 32.3 Å². The second-order valence-corrected chi connectivity index (χ2v) is 9.01. The Bertz CT molecular complexity index is 961. The molecule has 0 heterocycles. The van der Waals surface area contributed by atoms with Gasteiger partial charge in [-0.1, -0.05) is 72.8 Å². The molecule has 0 aliphatic heterocycles. The Labute approximate surface area is 165 Å². The second-order valence-electron chi connectivity index (χ2n) is 7.82. The summed E-state index contributed by atoms with van der Waals surface area (Å²) >= 11 is 0. The molecule has 2 aliphatic rings. The average Bonchev–Trinajstić information content (AvgIpc) is 3.15. The van der Waals surface area contributed by atoms with E-state index >= 15 is 0 Å². The highest BCUT2D eigenvalue weighted by Gasteiger charge is 2.57. The molecule has 3 atom stereocenters. The van der Waals surface area contributed by atoms with Crippen LogP contribution in [-0.2, 0) is 9.09 Å². The van der Waals surface area contributed by atoms with Gasteiger partial charge in [0.15, 0.2) is 0 Å². The van der Waals surface area contributed by atoms with Crippen LogP contribution in [0.1, 0.15) is 37.3 Å². The first kappa shape index (κ1) is 19.4. The van der Waals surface area contributed by atoms with Crippen molar-refractivity contribution in [3.05, 3.63) is 83.9 Å². The molecule has 0 saturated heterocycles. The van der Waals surface area contributed by atoms with Gasteiger partial charge in [0.2, 0.25) is 0 Å². The predicted octanol–water partition coefficient (Wildman–Crippen LogP) is 5.45. The number of allylic oxidation sites excluding steroid dienone is 3. The fourth-order valence-corrected chi connectivity index (χ4v) is 5.94. The topological polar surface area (TPSA) is 66.8 Å². The van der Waals surface area contributed by atoms with E-state index in [2.05, 4.69) is 37.8 Å². The first-order valence-electron chi connectivity index (χ1n) is 9.57. The quantitative estimate of drug-likeness (QED) is 0.660. The normalized spacial score (nSPS) is 27.1. The summed E-state index contributed by atoms with van der Waals surface area (Å²) in [5.74, 6) is -0.0389. The van der Waals surface area contributed by atoms with Gasteiger partial charge >= 0.3 is 7.82 Å². The molecule has 2 aromatic carbocycles. The van der Waals surface area contributed by atoms with Crippen LogP contribution in [0.25, 0.3) is 11.1 Å².